The third-order valence-electron chi connectivity index (χ3n) is 3.98. The largest absolute Gasteiger partial charge is 0.352 e. The molecule has 0 bridgehead atoms. The Kier molecular flexibility index (Phi) is 7.32. The fraction of sp³-hybridized carbons (Fsp3) is 0.316. The monoisotopic (exact) mass is 375 g/mol. The Balaban J connectivity index is 1.61. The summed E-state index contributed by atoms with van der Waals surface area (Å²) in [4.78, 5) is 11.9. The van der Waals surface area contributed by atoms with Gasteiger partial charge in [-0.15, -0.1) is 0 Å². The second kappa shape index (κ2) is 9.47. The van der Waals surface area contributed by atoms with E-state index < -0.39 is 10.0 Å². The number of sulfonamides is 1. The molecule has 0 aliphatic carbocycles. The second-order valence-electron chi connectivity index (χ2n) is 6.20. The Morgan fingerprint density at radius 1 is 0.962 bits per heavy atom. The van der Waals surface area contributed by atoms with Crippen LogP contribution in [0.5, 0.6) is 0 Å². The van der Waals surface area contributed by atoms with Crippen LogP contribution in [0.2, 0.25) is 0 Å². The smallest absolute Gasteiger partial charge is 0.238 e. The molecule has 4 N–H and O–H groups in total. The summed E-state index contributed by atoms with van der Waals surface area (Å²) in [6, 6.07) is 14.6. The van der Waals surface area contributed by atoms with Gasteiger partial charge in [0, 0.05) is 19.5 Å². The normalized spacial score (nSPS) is 11.3. The summed E-state index contributed by atoms with van der Waals surface area (Å²) in [6.45, 7) is 3.87. The minimum Gasteiger partial charge on any atom is -0.352 e. The van der Waals surface area contributed by atoms with Crippen molar-refractivity contribution in [3.63, 3.8) is 0 Å². The standard InChI is InChI=1S/C19H25N3O3S/c1-15-2-4-17(5-3-15)14-22-19(23)11-13-21-12-10-16-6-8-18(9-7-16)26(20,24)25/h2-9,21H,10-14H2,1H3,(H,22,23)(H2,20,24,25). The highest BCUT2D eigenvalue weighted by molar-refractivity contribution is 7.89. The number of carbonyl (C=O) groups excluding carboxylic acids is 1. The molecule has 2 rings (SSSR count). The molecule has 0 atom stereocenters. The number of rotatable bonds is 9. The number of hydrogen-bond acceptors (Lipinski definition) is 4. The zero-order chi connectivity index (χ0) is 19.0. The molecule has 0 aromatic heterocycles. The Morgan fingerprint density at radius 3 is 2.19 bits per heavy atom. The van der Waals surface area contributed by atoms with Crippen molar-refractivity contribution in [1.82, 2.24) is 10.6 Å². The lowest BCUT2D eigenvalue weighted by atomic mass is 10.1. The van der Waals surface area contributed by atoms with E-state index in [2.05, 4.69) is 10.6 Å². The lowest BCUT2D eigenvalue weighted by molar-refractivity contribution is -0.121. The number of benzene rings is 2. The number of nitrogens with two attached hydrogens (primary N) is 1. The number of nitrogens with one attached hydrogen (secondary N) is 2. The molecular formula is C19H25N3O3S. The Bertz CT molecular complexity index is 816. The van der Waals surface area contributed by atoms with Gasteiger partial charge in [0.25, 0.3) is 0 Å². The number of aryl methyl sites for hydroxylation is 1. The van der Waals surface area contributed by atoms with Gasteiger partial charge >= 0.3 is 0 Å². The molecule has 0 aliphatic heterocycles. The molecule has 0 heterocycles. The van der Waals surface area contributed by atoms with Crippen molar-refractivity contribution in [2.75, 3.05) is 13.1 Å². The highest BCUT2D eigenvalue weighted by Crippen LogP contribution is 2.08. The van der Waals surface area contributed by atoms with Crippen LogP contribution in [0, 0.1) is 6.92 Å². The van der Waals surface area contributed by atoms with Gasteiger partial charge in [-0.2, -0.15) is 0 Å². The first-order valence-corrected chi connectivity index (χ1v) is 10.0. The van der Waals surface area contributed by atoms with Crippen molar-refractivity contribution in [3.05, 3.63) is 65.2 Å². The van der Waals surface area contributed by atoms with Crippen molar-refractivity contribution in [2.45, 2.75) is 31.2 Å². The molecule has 6 nitrogen and oxygen atoms in total. The molecule has 0 radical (unpaired) electrons. The molecule has 0 spiro atoms. The van der Waals surface area contributed by atoms with E-state index in [0.717, 1.165) is 17.5 Å². The average molecular weight is 375 g/mol. The Morgan fingerprint density at radius 2 is 1.58 bits per heavy atom. The van der Waals surface area contributed by atoms with Crippen LogP contribution in [-0.4, -0.2) is 27.4 Å². The minimum atomic E-state index is -3.65. The summed E-state index contributed by atoms with van der Waals surface area (Å²) in [6.07, 6.45) is 1.16. The van der Waals surface area contributed by atoms with Crippen molar-refractivity contribution >= 4 is 15.9 Å². The van der Waals surface area contributed by atoms with Crippen molar-refractivity contribution in [3.8, 4) is 0 Å². The molecule has 2 aromatic carbocycles. The first-order valence-electron chi connectivity index (χ1n) is 8.49. The Hall–Kier alpha value is -2.22. The van der Waals surface area contributed by atoms with Crippen LogP contribution >= 0.6 is 0 Å². The zero-order valence-electron chi connectivity index (χ0n) is 14.9. The van der Waals surface area contributed by atoms with E-state index in [1.54, 1.807) is 12.1 Å². The second-order valence-corrected chi connectivity index (χ2v) is 7.76. The van der Waals surface area contributed by atoms with Crippen LogP contribution in [0.3, 0.4) is 0 Å². The van der Waals surface area contributed by atoms with Crippen molar-refractivity contribution < 1.29 is 13.2 Å². The molecule has 0 aliphatic rings. The van der Waals surface area contributed by atoms with Crippen molar-refractivity contribution in [1.29, 1.82) is 0 Å². The van der Waals surface area contributed by atoms with Gasteiger partial charge in [0.1, 0.15) is 0 Å². The van der Waals surface area contributed by atoms with E-state index in [1.165, 1.54) is 17.7 Å². The van der Waals surface area contributed by atoms with Crippen molar-refractivity contribution in [2.24, 2.45) is 5.14 Å². The quantitative estimate of drug-likeness (QED) is 0.578. The lowest BCUT2D eigenvalue weighted by Gasteiger charge is -2.07. The number of hydrogen-bond donors (Lipinski definition) is 3. The Labute approximate surface area is 154 Å². The van der Waals surface area contributed by atoms with Crippen LogP contribution in [0.15, 0.2) is 53.4 Å². The molecule has 0 fully saturated rings. The fourth-order valence-corrected chi connectivity index (χ4v) is 2.92. The number of amides is 1. The van der Waals surface area contributed by atoms with Crippen LogP contribution in [-0.2, 0) is 27.8 Å². The summed E-state index contributed by atoms with van der Waals surface area (Å²) in [5.41, 5.74) is 3.29. The van der Waals surface area contributed by atoms with Gasteiger partial charge in [-0.05, 0) is 43.1 Å². The topological polar surface area (TPSA) is 101 Å². The van der Waals surface area contributed by atoms with Gasteiger partial charge in [-0.25, -0.2) is 13.6 Å². The summed E-state index contributed by atoms with van der Waals surface area (Å²) in [5.74, 6) is 0.00980. The summed E-state index contributed by atoms with van der Waals surface area (Å²) in [7, 11) is -3.65. The van der Waals surface area contributed by atoms with Crippen LogP contribution in [0.1, 0.15) is 23.1 Å². The van der Waals surface area contributed by atoms with Gasteiger partial charge in [0.15, 0.2) is 0 Å². The average Bonchev–Trinajstić information content (AvgIpc) is 2.60. The molecule has 26 heavy (non-hydrogen) atoms. The third kappa shape index (κ3) is 6.95. The summed E-state index contributed by atoms with van der Waals surface area (Å²) >= 11 is 0. The van der Waals surface area contributed by atoms with Gasteiger partial charge in [-0.3, -0.25) is 4.79 Å². The predicted octanol–water partition coefficient (Wildman–Crippen LogP) is 1.48. The van der Waals surface area contributed by atoms with E-state index >= 15 is 0 Å². The first-order chi connectivity index (χ1) is 12.3. The van der Waals surface area contributed by atoms with Crippen LogP contribution < -0.4 is 15.8 Å². The minimum absolute atomic E-state index is 0.00980. The van der Waals surface area contributed by atoms with E-state index in [0.29, 0.717) is 26.1 Å². The number of carbonyl (C=O) groups is 1. The summed E-state index contributed by atoms with van der Waals surface area (Å²) < 4.78 is 22.4. The molecule has 7 heteroatoms. The molecule has 0 unspecified atom stereocenters. The fourth-order valence-electron chi connectivity index (χ4n) is 2.40. The maximum absolute atomic E-state index is 11.8. The van der Waals surface area contributed by atoms with Gasteiger partial charge < -0.3 is 10.6 Å². The van der Waals surface area contributed by atoms with E-state index in [-0.39, 0.29) is 10.8 Å². The predicted molar refractivity (Wildman–Crippen MR) is 102 cm³/mol. The molecular weight excluding hydrogens is 350 g/mol. The zero-order valence-corrected chi connectivity index (χ0v) is 15.7. The highest BCUT2D eigenvalue weighted by Gasteiger charge is 2.06. The van der Waals surface area contributed by atoms with E-state index in [9.17, 15) is 13.2 Å². The molecule has 1 amide bonds. The van der Waals surface area contributed by atoms with Gasteiger partial charge in [0.2, 0.25) is 15.9 Å². The van der Waals surface area contributed by atoms with Crippen LogP contribution in [0.4, 0.5) is 0 Å². The summed E-state index contributed by atoms with van der Waals surface area (Å²) in [5, 5.41) is 11.2. The van der Waals surface area contributed by atoms with Crippen LogP contribution in [0.25, 0.3) is 0 Å². The highest BCUT2D eigenvalue weighted by atomic mass is 32.2. The molecule has 0 saturated carbocycles. The third-order valence-corrected chi connectivity index (χ3v) is 4.91. The molecule has 2 aromatic rings. The maximum atomic E-state index is 11.8. The molecule has 140 valence electrons. The SMILES string of the molecule is Cc1ccc(CNC(=O)CCNCCc2ccc(S(N)(=O)=O)cc2)cc1. The maximum Gasteiger partial charge on any atom is 0.238 e. The molecule has 0 saturated heterocycles. The lowest BCUT2D eigenvalue weighted by Crippen LogP contribution is -2.28. The van der Waals surface area contributed by atoms with Gasteiger partial charge in [-0.1, -0.05) is 42.0 Å². The van der Waals surface area contributed by atoms with E-state index in [4.69, 9.17) is 5.14 Å². The first kappa shape index (κ1) is 20.1. The van der Waals surface area contributed by atoms with E-state index in [1.807, 2.05) is 31.2 Å². The van der Waals surface area contributed by atoms with Gasteiger partial charge in [0.05, 0.1) is 4.90 Å². The number of primary sulfonamides is 1.